The molecule has 116 valence electrons. The maximum atomic E-state index is 12.7. The third-order valence-corrected chi connectivity index (χ3v) is 4.59. The van der Waals surface area contributed by atoms with Crippen LogP contribution in [0.4, 0.5) is 0 Å². The van der Waals surface area contributed by atoms with Crippen molar-refractivity contribution in [3.8, 4) is 0 Å². The van der Waals surface area contributed by atoms with Crippen LogP contribution in [0.5, 0.6) is 0 Å². The van der Waals surface area contributed by atoms with E-state index in [4.69, 9.17) is 4.74 Å². The molecule has 22 heavy (non-hydrogen) atoms. The van der Waals surface area contributed by atoms with E-state index in [2.05, 4.69) is 16.4 Å². The maximum Gasteiger partial charge on any atom is 0.227 e. The van der Waals surface area contributed by atoms with Crippen LogP contribution in [0.25, 0.3) is 0 Å². The number of pyridine rings is 1. The number of hydrogen-bond acceptors (Lipinski definition) is 4. The standard InChI is InChI=1S/C17H20N2O2S/c20-17(10-14-3-6-18-7-4-14)19(11-15-5-9-22-13-15)12-16-2-1-8-21-16/h3-7,9,13,16H,1-2,8,10-12H2. The summed E-state index contributed by atoms with van der Waals surface area (Å²) in [6.45, 7) is 2.16. The van der Waals surface area contributed by atoms with Gasteiger partial charge >= 0.3 is 0 Å². The predicted molar refractivity (Wildman–Crippen MR) is 86.7 cm³/mol. The van der Waals surface area contributed by atoms with Gasteiger partial charge in [-0.3, -0.25) is 9.78 Å². The lowest BCUT2D eigenvalue weighted by molar-refractivity contribution is -0.132. The zero-order chi connectivity index (χ0) is 15.2. The minimum absolute atomic E-state index is 0.146. The molecule has 0 spiro atoms. The molecule has 2 aromatic rings. The van der Waals surface area contributed by atoms with E-state index in [1.807, 2.05) is 22.4 Å². The molecule has 0 aromatic carbocycles. The van der Waals surface area contributed by atoms with Gasteiger partial charge in [-0.15, -0.1) is 0 Å². The van der Waals surface area contributed by atoms with Crippen LogP contribution in [0.15, 0.2) is 41.4 Å². The van der Waals surface area contributed by atoms with Gasteiger partial charge in [-0.1, -0.05) is 0 Å². The number of hydrogen-bond donors (Lipinski definition) is 0. The monoisotopic (exact) mass is 316 g/mol. The second kappa shape index (κ2) is 7.51. The van der Waals surface area contributed by atoms with Crippen LogP contribution in [0.3, 0.4) is 0 Å². The van der Waals surface area contributed by atoms with Crippen molar-refractivity contribution in [1.82, 2.24) is 9.88 Å². The van der Waals surface area contributed by atoms with Crippen molar-refractivity contribution in [3.05, 3.63) is 52.5 Å². The van der Waals surface area contributed by atoms with E-state index in [9.17, 15) is 4.79 Å². The zero-order valence-electron chi connectivity index (χ0n) is 12.5. The van der Waals surface area contributed by atoms with Crippen LogP contribution in [0.1, 0.15) is 24.0 Å². The number of nitrogens with zero attached hydrogens (tertiary/aromatic N) is 2. The van der Waals surface area contributed by atoms with Crippen molar-refractivity contribution in [1.29, 1.82) is 0 Å². The highest BCUT2D eigenvalue weighted by Gasteiger charge is 2.23. The van der Waals surface area contributed by atoms with E-state index in [1.165, 1.54) is 5.56 Å². The third-order valence-electron chi connectivity index (χ3n) is 3.86. The Morgan fingerprint density at radius 2 is 2.18 bits per heavy atom. The Hall–Kier alpha value is -1.72. The van der Waals surface area contributed by atoms with Gasteiger partial charge in [0.05, 0.1) is 12.5 Å². The first-order chi connectivity index (χ1) is 10.8. The van der Waals surface area contributed by atoms with Gasteiger partial charge < -0.3 is 9.64 Å². The number of aromatic nitrogens is 1. The Balaban J connectivity index is 1.67. The molecule has 1 aliphatic heterocycles. The number of thiophene rings is 1. The summed E-state index contributed by atoms with van der Waals surface area (Å²) in [6.07, 6.45) is 6.19. The minimum Gasteiger partial charge on any atom is -0.376 e. The van der Waals surface area contributed by atoms with Gasteiger partial charge in [-0.05, 0) is 52.9 Å². The average molecular weight is 316 g/mol. The van der Waals surface area contributed by atoms with Gasteiger partial charge in [0.1, 0.15) is 0 Å². The molecule has 0 radical (unpaired) electrons. The predicted octanol–water partition coefficient (Wildman–Crippen LogP) is 2.89. The van der Waals surface area contributed by atoms with Gasteiger partial charge in [-0.25, -0.2) is 0 Å². The lowest BCUT2D eigenvalue weighted by Gasteiger charge is -2.25. The number of carbonyl (C=O) groups is 1. The molecular weight excluding hydrogens is 296 g/mol. The second-order valence-electron chi connectivity index (χ2n) is 5.57. The van der Waals surface area contributed by atoms with Crippen LogP contribution in [0, 0.1) is 0 Å². The first-order valence-corrected chi connectivity index (χ1v) is 8.55. The number of ether oxygens (including phenoxy) is 1. The Kier molecular flexibility index (Phi) is 5.19. The van der Waals surface area contributed by atoms with Gasteiger partial charge in [0.15, 0.2) is 0 Å². The Bertz CT molecular complexity index is 580. The van der Waals surface area contributed by atoms with E-state index in [0.717, 1.165) is 25.0 Å². The van der Waals surface area contributed by atoms with Crippen LogP contribution in [-0.4, -0.2) is 35.0 Å². The molecule has 1 aliphatic rings. The second-order valence-corrected chi connectivity index (χ2v) is 6.35. The summed E-state index contributed by atoms with van der Waals surface area (Å²) in [7, 11) is 0. The first kappa shape index (κ1) is 15.2. The largest absolute Gasteiger partial charge is 0.376 e. The summed E-state index contributed by atoms with van der Waals surface area (Å²) < 4.78 is 5.70. The molecule has 3 rings (SSSR count). The average Bonchev–Trinajstić information content (AvgIpc) is 3.21. The highest BCUT2D eigenvalue weighted by atomic mass is 32.1. The quantitative estimate of drug-likeness (QED) is 0.823. The maximum absolute atomic E-state index is 12.7. The number of rotatable bonds is 6. The lowest BCUT2D eigenvalue weighted by Crippen LogP contribution is -2.37. The molecule has 1 amide bonds. The molecule has 0 saturated carbocycles. The van der Waals surface area contributed by atoms with Crippen LogP contribution in [0.2, 0.25) is 0 Å². The van der Waals surface area contributed by atoms with Crippen molar-refractivity contribution in [2.24, 2.45) is 0 Å². The van der Waals surface area contributed by atoms with E-state index in [1.54, 1.807) is 23.7 Å². The fourth-order valence-electron chi connectivity index (χ4n) is 2.68. The molecule has 1 atom stereocenters. The SMILES string of the molecule is O=C(Cc1ccncc1)N(Cc1ccsc1)CC1CCCO1. The van der Waals surface area contributed by atoms with Crippen LogP contribution >= 0.6 is 11.3 Å². The normalized spacial score (nSPS) is 17.5. The molecule has 2 aromatic heterocycles. The van der Waals surface area contributed by atoms with Crippen molar-refractivity contribution in [3.63, 3.8) is 0 Å². The molecular formula is C17H20N2O2S. The molecule has 1 fully saturated rings. The van der Waals surface area contributed by atoms with E-state index >= 15 is 0 Å². The number of amides is 1. The highest BCUT2D eigenvalue weighted by molar-refractivity contribution is 7.07. The zero-order valence-corrected chi connectivity index (χ0v) is 13.3. The van der Waals surface area contributed by atoms with Crippen molar-refractivity contribution >= 4 is 17.2 Å². The van der Waals surface area contributed by atoms with E-state index in [-0.39, 0.29) is 12.0 Å². The summed E-state index contributed by atoms with van der Waals surface area (Å²) >= 11 is 1.66. The van der Waals surface area contributed by atoms with Gasteiger partial charge in [-0.2, -0.15) is 11.3 Å². The van der Waals surface area contributed by atoms with Crippen LogP contribution in [-0.2, 0) is 22.5 Å². The van der Waals surface area contributed by atoms with Crippen molar-refractivity contribution in [2.45, 2.75) is 31.9 Å². The van der Waals surface area contributed by atoms with Crippen molar-refractivity contribution in [2.75, 3.05) is 13.2 Å². The van der Waals surface area contributed by atoms with Gasteiger partial charge in [0, 0.05) is 32.1 Å². The summed E-state index contributed by atoms with van der Waals surface area (Å²) in [4.78, 5) is 18.6. The Morgan fingerprint density at radius 3 is 2.86 bits per heavy atom. The minimum atomic E-state index is 0.146. The topological polar surface area (TPSA) is 42.4 Å². The van der Waals surface area contributed by atoms with E-state index in [0.29, 0.717) is 19.5 Å². The summed E-state index contributed by atoms with van der Waals surface area (Å²) in [6, 6.07) is 5.87. The molecule has 4 nitrogen and oxygen atoms in total. The van der Waals surface area contributed by atoms with E-state index < -0.39 is 0 Å². The fraction of sp³-hybridized carbons (Fsp3) is 0.412. The van der Waals surface area contributed by atoms with Crippen LogP contribution < -0.4 is 0 Å². The summed E-state index contributed by atoms with van der Waals surface area (Å²) in [5.41, 5.74) is 2.19. The van der Waals surface area contributed by atoms with Gasteiger partial charge in [0.2, 0.25) is 5.91 Å². The molecule has 3 heterocycles. The molecule has 0 N–H and O–H groups in total. The third kappa shape index (κ3) is 4.15. The fourth-order valence-corrected chi connectivity index (χ4v) is 3.34. The van der Waals surface area contributed by atoms with Crippen molar-refractivity contribution < 1.29 is 9.53 Å². The smallest absolute Gasteiger partial charge is 0.227 e. The molecule has 5 heteroatoms. The summed E-state index contributed by atoms with van der Waals surface area (Å²) in [5, 5.41) is 4.15. The highest BCUT2D eigenvalue weighted by Crippen LogP contribution is 2.17. The first-order valence-electron chi connectivity index (χ1n) is 7.60. The molecule has 0 aliphatic carbocycles. The lowest BCUT2D eigenvalue weighted by atomic mass is 10.1. The molecule has 1 unspecified atom stereocenters. The molecule has 0 bridgehead atoms. The van der Waals surface area contributed by atoms with Gasteiger partial charge in [0.25, 0.3) is 0 Å². The Morgan fingerprint density at radius 1 is 1.32 bits per heavy atom. The summed E-state index contributed by atoms with van der Waals surface area (Å²) in [5.74, 6) is 0.146. The molecule has 1 saturated heterocycles. The Labute approximate surface area is 134 Å². The number of carbonyl (C=O) groups excluding carboxylic acids is 1.